The number of hydrogen-bond donors (Lipinski definition) is 0. The first kappa shape index (κ1) is 23.2. The third-order valence-corrected chi connectivity index (χ3v) is 6.73. The Morgan fingerprint density at radius 1 is 1.03 bits per heavy atom. The van der Waals surface area contributed by atoms with Crippen molar-refractivity contribution < 1.29 is 13.9 Å². The zero-order valence-corrected chi connectivity index (χ0v) is 20.5. The maximum absolute atomic E-state index is 13.8. The van der Waals surface area contributed by atoms with E-state index in [-0.39, 0.29) is 23.6 Å². The molecule has 1 aromatic heterocycles. The summed E-state index contributed by atoms with van der Waals surface area (Å²) in [5.41, 5.74) is 3.10. The van der Waals surface area contributed by atoms with Crippen LogP contribution in [0.2, 0.25) is 5.02 Å². The summed E-state index contributed by atoms with van der Waals surface area (Å²) in [4.78, 5) is 29.1. The summed E-state index contributed by atoms with van der Waals surface area (Å²) in [6, 6.07) is 19.8. The predicted octanol–water partition coefficient (Wildman–Crippen LogP) is 6.68. The van der Waals surface area contributed by atoms with E-state index in [1.807, 2.05) is 61.5 Å². The number of carbonyl (C=O) groups is 1. The number of benzene rings is 3. The van der Waals surface area contributed by atoms with Gasteiger partial charge in [0.25, 0.3) is 5.91 Å². The monoisotopic (exact) mass is 487 g/mol. The van der Waals surface area contributed by atoms with Gasteiger partial charge in [0.2, 0.25) is 5.76 Å². The molecule has 1 unspecified atom stereocenters. The van der Waals surface area contributed by atoms with E-state index in [1.165, 1.54) is 0 Å². The number of amides is 1. The summed E-state index contributed by atoms with van der Waals surface area (Å²) in [6.45, 7) is 4.88. The molecule has 4 aromatic rings. The van der Waals surface area contributed by atoms with E-state index < -0.39 is 6.04 Å². The minimum absolute atomic E-state index is 0.0840. The van der Waals surface area contributed by atoms with Crippen LogP contribution in [0.15, 0.2) is 75.9 Å². The number of rotatable bonds is 7. The molecule has 178 valence electrons. The lowest BCUT2D eigenvalue weighted by Crippen LogP contribution is -2.29. The molecule has 0 N–H and O–H groups in total. The zero-order valence-electron chi connectivity index (χ0n) is 19.7. The van der Waals surface area contributed by atoms with Crippen LogP contribution in [0.5, 0.6) is 5.75 Å². The number of carbonyl (C=O) groups excluding carboxylic acids is 1. The lowest BCUT2D eigenvalue weighted by molar-refractivity contribution is 0.0714. The predicted molar refractivity (Wildman–Crippen MR) is 137 cm³/mol. The van der Waals surface area contributed by atoms with Crippen molar-refractivity contribution in [3.63, 3.8) is 0 Å². The molecule has 0 saturated heterocycles. The van der Waals surface area contributed by atoms with E-state index in [2.05, 4.69) is 6.92 Å². The van der Waals surface area contributed by atoms with Crippen molar-refractivity contribution in [2.75, 3.05) is 6.61 Å². The summed E-state index contributed by atoms with van der Waals surface area (Å²) in [6.07, 6.45) is 1.98. The standard InChI is InChI=1S/C29H26ClNO4/c1-3-4-14-34-21-10-7-9-19(16-21)26-25-27(32)22-15-18(2)12-13-24(22)35-28(25)29(33)31(26)17-20-8-5-6-11-23(20)30/h5-13,15-16,26H,3-4,14,17H2,1-2H3. The molecule has 1 aliphatic rings. The minimum atomic E-state index is -0.621. The molecular weight excluding hydrogens is 462 g/mol. The van der Waals surface area contributed by atoms with Gasteiger partial charge in [-0.1, -0.05) is 66.9 Å². The van der Waals surface area contributed by atoms with E-state index in [0.717, 1.165) is 29.5 Å². The van der Waals surface area contributed by atoms with Crippen molar-refractivity contribution in [2.45, 2.75) is 39.3 Å². The van der Waals surface area contributed by atoms with Gasteiger partial charge in [0.05, 0.1) is 23.6 Å². The van der Waals surface area contributed by atoms with Crippen LogP contribution < -0.4 is 10.2 Å². The average molecular weight is 488 g/mol. The molecule has 6 heteroatoms. The number of aryl methyl sites for hydroxylation is 1. The van der Waals surface area contributed by atoms with Crippen LogP contribution >= 0.6 is 11.6 Å². The fourth-order valence-electron chi connectivity index (χ4n) is 4.56. The Kier molecular flexibility index (Phi) is 6.35. The van der Waals surface area contributed by atoms with E-state index in [9.17, 15) is 9.59 Å². The van der Waals surface area contributed by atoms with Crippen molar-refractivity contribution in [2.24, 2.45) is 0 Å². The van der Waals surface area contributed by atoms with E-state index in [0.29, 0.717) is 33.9 Å². The van der Waals surface area contributed by atoms with E-state index >= 15 is 0 Å². The summed E-state index contributed by atoms with van der Waals surface area (Å²) < 4.78 is 12.0. The van der Waals surface area contributed by atoms with Gasteiger partial charge in [-0.05, 0) is 54.8 Å². The summed E-state index contributed by atoms with van der Waals surface area (Å²) in [5, 5.41) is 1.03. The SMILES string of the molecule is CCCCOc1cccc(C2c3c(oc4ccc(C)cc4c3=O)C(=O)N2Cc2ccccc2Cl)c1. The van der Waals surface area contributed by atoms with Crippen LogP contribution in [-0.2, 0) is 6.54 Å². The molecule has 1 aliphatic heterocycles. The molecule has 35 heavy (non-hydrogen) atoms. The maximum atomic E-state index is 13.8. The Balaban J connectivity index is 1.67. The van der Waals surface area contributed by atoms with Crippen LogP contribution in [-0.4, -0.2) is 17.4 Å². The van der Waals surface area contributed by atoms with Gasteiger partial charge in [-0.3, -0.25) is 9.59 Å². The molecule has 1 amide bonds. The van der Waals surface area contributed by atoms with Crippen LogP contribution in [0.25, 0.3) is 11.0 Å². The fraction of sp³-hybridized carbons (Fsp3) is 0.241. The lowest BCUT2D eigenvalue weighted by atomic mass is 9.97. The molecule has 5 rings (SSSR count). The average Bonchev–Trinajstić information content (AvgIpc) is 3.13. The molecule has 0 radical (unpaired) electrons. The smallest absolute Gasteiger partial charge is 0.291 e. The first-order chi connectivity index (χ1) is 17.0. The highest BCUT2D eigenvalue weighted by molar-refractivity contribution is 6.31. The van der Waals surface area contributed by atoms with Crippen molar-refractivity contribution >= 4 is 28.5 Å². The van der Waals surface area contributed by atoms with E-state index in [1.54, 1.807) is 17.0 Å². The van der Waals surface area contributed by atoms with Crippen LogP contribution in [0, 0.1) is 6.92 Å². The largest absolute Gasteiger partial charge is 0.494 e. The van der Waals surface area contributed by atoms with Crippen LogP contribution in [0.1, 0.15) is 58.6 Å². The molecule has 0 fully saturated rings. The highest BCUT2D eigenvalue weighted by Crippen LogP contribution is 2.40. The second kappa shape index (κ2) is 9.59. The number of halogens is 1. The van der Waals surface area contributed by atoms with Gasteiger partial charge in [0.15, 0.2) is 5.43 Å². The van der Waals surface area contributed by atoms with Gasteiger partial charge in [-0.25, -0.2) is 0 Å². The maximum Gasteiger partial charge on any atom is 0.291 e. The van der Waals surface area contributed by atoms with Crippen LogP contribution in [0.3, 0.4) is 0 Å². The Morgan fingerprint density at radius 2 is 1.86 bits per heavy atom. The molecule has 5 nitrogen and oxygen atoms in total. The van der Waals surface area contributed by atoms with Crippen molar-refractivity contribution in [3.8, 4) is 5.75 Å². The van der Waals surface area contributed by atoms with Gasteiger partial charge in [0.1, 0.15) is 11.3 Å². The van der Waals surface area contributed by atoms with Gasteiger partial charge < -0.3 is 14.1 Å². The molecule has 0 aliphatic carbocycles. The number of nitrogens with zero attached hydrogens (tertiary/aromatic N) is 1. The normalized spacial score (nSPS) is 15.0. The minimum Gasteiger partial charge on any atom is -0.494 e. The Labute approximate surface area is 208 Å². The Morgan fingerprint density at radius 3 is 2.66 bits per heavy atom. The Hall–Kier alpha value is -3.57. The molecule has 0 saturated carbocycles. The van der Waals surface area contributed by atoms with Gasteiger partial charge in [-0.2, -0.15) is 0 Å². The van der Waals surface area contributed by atoms with Crippen molar-refractivity contribution in [3.05, 3.63) is 110 Å². The number of ether oxygens (including phenoxy) is 1. The second-order valence-corrected chi connectivity index (χ2v) is 9.28. The van der Waals surface area contributed by atoms with Crippen molar-refractivity contribution in [1.29, 1.82) is 0 Å². The first-order valence-electron chi connectivity index (χ1n) is 11.8. The molecule has 3 aromatic carbocycles. The van der Waals surface area contributed by atoms with Gasteiger partial charge in [-0.15, -0.1) is 0 Å². The van der Waals surface area contributed by atoms with Crippen LogP contribution in [0.4, 0.5) is 0 Å². The lowest BCUT2D eigenvalue weighted by Gasteiger charge is -2.26. The molecule has 0 bridgehead atoms. The third kappa shape index (κ3) is 4.32. The third-order valence-electron chi connectivity index (χ3n) is 6.36. The topological polar surface area (TPSA) is 59.8 Å². The quantitative estimate of drug-likeness (QED) is 0.273. The summed E-state index contributed by atoms with van der Waals surface area (Å²) >= 11 is 6.44. The number of hydrogen-bond acceptors (Lipinski definition) is 4. The fourth-order valence-corrected chi connectivity index (χ4v) is 4.76. The van der Waals surface area contributed by atoms with Gasteiger partial charge in [0, 0.05) is 11.6 Å². The highest BCUT2D eigenvalue weighted by Gasteiger charge is 2.43. The summed E-state index contributed by atoms with van der Waals surface area (Å²) in [5.74, 6) is 0.457. The molecule has 0 spiro atoms. The molecule has 1 atom stereocenters. The second-order valence-electron chi connectivity index (χ2n) is 8.88. The zero-order chi connectivity index (χ0) is 24.5. The summed E-state index contributed by atoms with van der Waals surface area (Å²) in [7, 11) is 0. The van der Waals surface area contributed by atoms with Crippen molar-refractivity contribution in [1.82, 2.24) is 4.90 Å². The highest BCUT2D eigenvalue weighted by atomic mass is 35.5. The Bertz CT molecular complexity index is 1480. The van der Waals surface area contributed by atoms with Gasteiger partial charge >= 0.3 is 0 Å². The number of unbranched alkanes of at least 4 members (excludes halogenated alkanes) is 1. The van der Waals surface area contributed by atoms with E-state index in [4.69, 9.17) is 20.8 Å². The first-order valence-corrected chi connectivity index (χ1v) is 12.2. The molecule has 2 heterocycles. The molecular formula is C29H26ClNO4. The number of fused-ring (bicyclic) bond motifs is 2.